The monoisotopic (exact) mass is 334 g/mol. The summed E-state index contributed by atoms with van der Waals surface area (Å²) in [5.41, 5.74) is 0.932. The molecule has 2 N–H and O–H groups in total. The number of anilines is 1. The predicted molar refractivity (Wildman–Crippen MR) is 94.4 cm³/mol. The molecule has 0 saturated carbocycles. The van der Waals surface area contributed by atoms with Crippen LogP contribution in [0.2, 0.25) is 0 Å². The lowest BCUT2D eigenvalue weighted by molar-refractivity contribution is -0.117. The first kappa shape index (κ1) is 18.2. The molecule has 7 heteroatoms. The fourth-order valence-corrected chi connectivity index (χ4v) is 2.54. The fraction of sp³-hybridized carbons (Fsp3) is 0.529. The molecule has 0 aliphatic carbocycles. The maximum Gasteiger partial charge on any atom is 0.229 e. The number of ether oxygens (including phenoxy) is 2. The van der Waals surface area contributed by atoms with E-state index in [9.17, 15) is 4.79 Å². The molecule has 1 aliphatic heterocycles. The van der Waals surface area contributed by atoms with Gasteiger partial charge in [-0.25, -0.2) is 0 Å². The minimum absolute atomic E-state index is 0.0401. The van der Waals surface area contributed by atoms with Crippen molar-refractivity contribution >= 4 is 17.6 Å². The molecule has 1 aromatic rings. The molecule has 1 fully saturated rings. The van der Waals surface area contributed by atoms with E-state index in [1.165, 1.54) is 0 Å². The molecule has 0 bridgehead atoms. The lowest BCUT2D eigenvalue weighted by Crippen LogP contribution is -2.45. The van der Waals surface area contributed by atoms with Gasteiger partial charge in [0.05, 0.1) is 25.9 Å². The molecule has 1 aromatic carbocycles. The van der Waals surface area contributed by atoms with Crippen LogP contribution in [0.25, 0.3) is 0 Å². The summed E-state index contributed by atoms with van der Waals surface area (Å²) in [6.45, 7) is 3.02. The maximum atomic E-state index is 12.2. The predicted octanol–water partition coefficient (Wildman–Crippen LogP) is 0.620. The van der Waals surface area contributed by atoms with Gasteiger partial charge in [-0.05, 0) is 12.1 Å². The number of hydrogen-bond acceptors (Lipinski definition) is 4. The number of nitrogens with zero attached hydrogens (tertiary/aromatic N) is 2. The van der Waals surface area contributed by atoms with Gasteiger partial charge in [-0.2, -0.15) is 0 Å². The number of carbonyl (C=O) groups is 1. The van der Waals surface area contributed by atoms with Crippen LogP contribution in [0.15, 0.2) is 35.3 Å². The van der Waals surface area contributed by atoms with Crippen LogP contribution in [0.1, 0.15) is 6.42 Å². The van der Waals surface area contributed by atoms with Crippen LogP contribution in [0.4, 0.5) is 5.69 Å². The van der Waals surface area contributed by atoms with Crippen LogP contribution in [0.3, 0.4) is 0 Å². The van der Waals surface area contributed by atoms with Gasteiger partial charge in [0, 0.05) is 39.4 Å². The van der Waals surface area contributed by atoms with E-state index in [1.54, 1.807) is 19.1 Å². The highest BCUT2D eigenvalue weighted by Gasteiger charge is 2.30. The average Bonchev–Trinajstić information content (AvgIpc) is 2.98. The van der Waals surface area contributed by atoms with Crippen molar-refractivity contribution in [1.29, 1.82) is 0 Å². The van der Waals surface area contributed by atoms with Crippen LogP contribution >= 0.6 is 0 Å². The number of para-hydroxylation sites is 1. The molecule has 2 rings (SSSR count). The second-order valence-corrected chi connectivity index (χ2v) is 5.49. The van der Waals surface area contributed by atoms with Gasteiger partial charge in [0.15, 0.2) is 5.96 Å². The molecule has 1 atom stereocenters. The molecule has 0 spiro atoms. The number of amides is 1. The summed E-state index contributed by atoms with van der Waals surface area (Å²) in [5.74, 6) is 0.801. The molecule has 132 valence electrons. The molecule has 1 aliphatic rings. The summed E-state index contributed by atoms with van der Waals surface area (Å²) < 4.78 is 10.3. The van der Waals surface area contributed by atoms with Crippen LogP contribution in [-0.2, 0) is 14.3 Å². The van der Waals surface area contributed by atoms with E-state index in [-0.39, 0.29) is 11.9 Å². The van der Waals surface area contributed by atoms with Crippen LogP contribution in [0.5, 0.6) is 0 Å². The lowest BCUT2D eigenvalue weighted by Gasteiger charge is -2.19. The molecule has 1 heterocycles. The second kappa shape index (κ2) is 9.89. The van der Waals surface area contributed by atoms with Gasteiger partial charge in [-0.1, -0.05) is 18.2 Å². The minimum atomic E-state index is 0.0401. The smallest absolute Gasteiger partial charge is 0.229 e. The summed E-state index contributed by atoms with van der Waals surface area (Å²) >= 11 is 0. The summed E-state index contributed by atoms with van der Waals surface area (Å²) in [6, 6.07) is 9.76. The third-order valence-corrected chi connectivity index (χ3v) is 3.73. The van der Waals surface area contributed by atoms with Crippen molar-refractivity contribution in [2.24, 2.45) is 4.99 Å². The molecule has 7 nitrogen and oxygen atoms in total. The highest BCUT2D eigenvalue weighted by Crippen LogP contribution is 2.20. The third kappa shape index (κ3) is 5.50. The van der Waals surface area contributed by atoms with Gasteiger partial charge in [-0.3, -0.25) is 9.79 Å². The van der Waals surface area contributed by atoms with Gasteiger partial charge in [0.25, 0.3) is 0 Å². The van der Waals surface area contributed by atoms with Crippen LogP contribution in [-0.4, -0.2) is 65.0 Å². The quantitative estimate of drug-likeness (QED) is 0.414. The van der Waals surface area contributed by atoms with Gasteiger partial charge >= 0.3 is 0 Å². The van der Waals surface area contributed by atoms with E-state index in [4.69, 9.17) is 9.47 Å². The number of aliphatic imine (C=N–C) groups is 1. The zero-order valence-corrected chi connectivity index (χ0v) is 14.3. The van der Waals surface area contributed by atoms with Crippen molar-refractivity contribution in [3.05, 3.63) is 30.3 Å². The topological polar surface area (TPSA) is 75.2 Å². The molecular weight excluding hydrogens is 308 g/mol. The standard InChI is InChI=1S/C17H26N4O3/c1-18-17(19-8-9-24-11-10-23-2)20-14-12-16(22)21(13-14)15-6-4-3-5-7-15/h3-7,14H,8-13H2,1-2H3,(H2,18,19,20). The molecule has 1 saturated heterocycles. The normalized spacial score (nSPS) is 18.1. The van der Waals surface area contributed by atoms with Gasteiger partial charge in [0.1, 0.15) is 0 Å². The Hall–Kier alpha value is -2.12. The second-order valence-electron chi connectivity index (χ2n) is 5.49. The largest absolute Gasteiger partial charge is 0.382 e. The summed E-state index contributed by atoms with van der Waals surface area (Å²) in [5, 5.41) is 6.48. The zero-order valence-electron chi connectivity index (χ0n) is 14.3. The number of hydrogen-bond donors (Lipinski definition) is 2. The van der Waals surface area contributed by atoms with Crippen molar-refractivity contribution in [2.45, 2.75) is 12.5 Å². The number of benzene rings is 1. The van der Waals surface area contributed by atoms with Crippen molar-refractivity contribution < 1.29 is 14.3 Å². The minimum Gasteiger partial charge on any atom is -0.382 e. The lowest BCUT2D eigenvalue weighted by atomic mass is 10.2. The van der Waals surface area contributed by atoms with Crippen molar-refractivity contribution in [3.8, 4) is 0 Å². The van der Waals surface area contributed by atoms with Gasteiger partial charge < -0.3 is 25.0 Å². The number of guanidine groups is 1. The SMILES string of the molecule is CN=C(NCCOCCOC)NC1CC(=O)N(c2ccccc2)C1. The van der Waals surface area contributed by atoms with Gasteiger partial charge in [0.2, 0.25) is 5.91 Å². The number of rotatable bonds is 8. The molecular formula is C17H26N4O3. The summed E-state index contributed by atoms with van der Waals surface area (Å²) in [4.78, 5) is 18.2. The average molecular weight is 334 g/mol. The van der Waals surface area contributed by atoms with Crippen molar-refractivity contribution in [3.63, 3.8) is 0 Å². The van der Waals surface area contributed by atoms with E-state index in [0.29, 0.717) is 45.3 Å². The maximum absolute atomic E-state index is 12.2. The Kier molecular flexibility index (Phi) is 7.51. The summed E-state index contributed by atoms with van der Waals surface area (Å²) in [6.07, 6.45) is 0.458. The first-order valence-electron chi connectivity index (χ1n) is 8.14. The third-order valence-electron chi connectivity index (χ3n) is 3.73. The Morgan fingerprint density at radius 1 is 1.29 bits per heavy atom. The first-order chi connectivity index (χ1) is 11.7. The number of carbonyl (C=O) groups excluding carboxylic acids is 1. The molecule has 24 heavy (non-hydrogen) atoms. The van der Waals surface area contributed by atoms with Crippen LogP contribution < -0.4 is 15.5 Å². The molecule has 1 amide bonds. The Morgan fingerprint density at radius 2 is 2.08 bits per heavy atom. The molecule has 1 unspecified atom stereocenters. The van der Waals surface area contributed by atoms with E-state index in [2.05, 4.69) is 15.6 Å². The van der Waals surface area contributed by atoms with E-state index >= 15 is 0 Å². The fourth-order valence-electron chi connectivity index (χ4n) is 2.54. The van der Waals surface area contributed by atoms with Gasteiger partial charge in [-0.15, -0.1) is 0 Å². The Morgan fingerprint density at radius 3 is 2.79 bits per heavy atom. The molecule has 0 radical (unpaired) electrons. The highest BCUT2D eigenvalue weighted by molar-refractivity contribution is 5.97. The van der Waals surface area contributed by atoms with Crippen LogP contribution in [0, 0.1) is 0 Å². The van der Waals surface area contributed by atoms with E-state index in [1.807, 2.05) is 30.3 Å². The molecule has 0 aromatic heterocycles. The highest BCUT2D eigenvalue weighted by atomic mass is 16.5. The van der Waals surface area contributed by atoms with E-state index < -0.39 is 0 Å². The van der Waals surface area contributed by atoms with Crippen molar-refractivity contribution in [2.75, 3.05) is 52.0 Å². The Labute approximate surface area is 143 Å². The number of nitrogens with one attached hydrogen (secondary N) is 2. The number of methoxy groups -OCH3 is 1. The summed E-state index contributed by atoms with van der Waals surface area (Å²) in [7, 11) is 3.36. The Balaban J connectivity index is 1.75. The zero-order chi connectivity index (χ0) is 17.2. The van der Waals surface area contributed by atoms with Crippen molar-refractivity contribution in [1.82, 2.24) is 10.6 Å². The Bertz CT molecular complexity index is 536. The first-order valence-corrected chi connectivity index (χ1v) is 8.14. The van der Waals surface area contributed by atoms with E-state index in [0.717, 1.165) is 5.69 Å².